The molecule has 2 heterocycles. The lowest BCUT2D eigenvalue weighted by molar-refractivity contribution is -0.0252. The van der Waals surface area contributed by atoms with Gasteiger partial charge in [-0.1, -0.05) is 49.6 Å². The highest BCUT2D eigenvalue weighted by molar-refractivity contribution is 5.94. The first-order chi connectivity index (χ1) is 13.2. The molecular formula is C22H31Cl2N3O2. The molecule has 0 atom stereocenters. The number of nitrogens with zero attached hydrogens (tertiary/aromatic N) is 2. The number of hydrogen-bond acceptors (Lipinski definition) is 4. The van der Waals surface area contributed by atoms with E-state index in [0.29, 0.717) is 17.9 Å². The summed E-state index contributed by atoms with van der Waals surface area (Å²) in [4.78, 5) is 17.7. The third-order valence-corrected chi connectivity index (χ3v) is 6.19. The minimum absolute atomic E-state index is 0. The number of rotatable bonds is 4. The molecule has 5 nitrogen and oxygen atoms in total. The van der Waals surface area contributed by atoms with E-state index in [1.807, 2.05) is 4.90 Å². The molecule has 0 unspecified atom stereocenters. The summed E-state index contributed by atoms with van der Waals surface area (Å²) in [5.41, 5.74) is 7.69. The Morgan fingerprint density at radius 2 is 1.79 bits per heavy atom. The molecule has 2 N–H and O–H groups in total. The summed E-state index contributed by atoms with van der Waals surface area (Å²) in [6.45, 7) is 3.77. The Hall–Kier alpha value is -1.53. The minimum atomic E-state index is 0. The van der Waals surface area contributed by atoms with Gasteiger partial charge in [-0.25, -0.2) is 0 Å². The summed E-state index contributed by atoms with van der Waals surface area (Å²) in [6, 6.07) is 12.5. The Kier molecular flexibility index (Phi) is 8.58. The number of carbonyl (C=O) groups excluding carboxylic acids is 1. The Labute approximate surface area is 185 Å². The number of furan rings is 1. The van der Waals surface area contributed by atoms with Gasteiger partial charge in [-0.05, 0) is 24.5 Å². The summed E-state index contributed by atoms with van der Waals surface area (Å²) < 4.78 is 5.38. The Bertz CT molecular complexity index is 775. The van der Waals surface area contributed by atoms with Gasteiger partial charge in [0.15, 0.2) is 0 Å². The molecule has 1 amide bonds. The number of carbonyl (C=O) groups is 1. The standard InChI is InChI=1S/C22H29N3O2.2ClH/c23-14-20-13-19(16-27-20)21(26)24-11-12-25(15-18-7-3-1-4-8-18)22(17-24)9-5-2-6-10-22;;/h1,3-4,7-8,13,16H,2,5-6,9-12,14-15,17,23H2;2*1H. The summed E-state index contributed by atoms with van der Waals surface area (Å²) >= 11 is 0. The highest BCUT2D eigenvalue weighted by atomic mass is 35.5. The Morgan fingerprint density at radius 1 is 1.07 bits per heavy atom. The van der Waals surface area contributed by atoms with E-state index in [9.17, 15) is 4.79 Å². The van der Waals surface area contributed by atoms with Crippen LogP contribution in [0.25, 0.3) is 0 Å². The van der Waals surface area contributed by atoms with E-state index in [4.69, 9.17) is 10.2 Å². The van der Waals surface area contributed by atoms with Crippen molar-refractivity contribution in [2.75, 3.05) is 19.6 Å². The molecule has 1 saturated heterocycles. The molecule has 7 heteroatoms. The van der Waals surface area contributed by atoms with Crippen molar-refractivity contribution < 1.29 is 9.21 Å². The first-order valence-electron chi connectivity index (χ1n) is 10.1. The van der Waals surface area contributed by atoms with Gasteiger partial charge < -0.3 is 15.1 Å². The lowest BCUT2D eigenvalue weighted by atomic mass is 9.78. The van der Waals surface area contributed by atoms with Gasteiger partial charge in [0.2, 0.25) is 0 Å². The zero-order valence-corrected chi connectivity index (χ0v) is 18.4. The van der Waals surface area contributed by atoms with Crippen LogP contribution >= 0.6 is 24.8 Å². The quantitative estimate of drug-likeness (QED) is 0.773. The predicted molar refractivity (Wildman–Crippen MR) is 120 cm³/mol. The number of benzene rings is 1. The third kappa shape index (κ3) is 5.15. The van der Waals surface area contributed by atoms with Crippen LogP contribution in [0, 0.1) is 0 Å². The molecule has 1 aromatic heterocycles. The van der Waals surface area contributed by atoms with Gasteiger partial charge in [0.25, 0.3) is 5.91 Å². The van der Waals surface area contributed by atoms with Crippen molar-refractivity contribution in [3.05, 3.63) is 59.5 Å². The van der Waals surface area contributed by atoms with E-state index in [1.54, 1.807) is 12.3 Å². The molecule has 1 saturated carbocycles. The van der Waals surface area contributed by atoms with Crippen LogP contribution in [-0.4, -0.2) is 40.9 Å². The van der Waals surface area contributed by atoms with Gasteiger partial charge in [0.05, 0.1) is 12.1 Å². The van der Waals surface area contributed by atoms with Crippen LogP contribution in [0.3, 0.4) is 0 Å². The number of piperazine rings is 1. The number of halogens is 2. The van der Waals surface area contributed by atoms with Gasteiger partial charge in [-0.15, -0.1) is 24.8 Å². The van der Waals surface area contributed by atoms with Gasteiger partial charge in [-0.2, -0.15) is 0 Å². The second-order valence-corrected chi connectivity index (χ2v) is 7.92. The average Bonchev–Trinajstić information content (AvgIpc) is 3.20. The van der Waals surface area contributed by atoms with Gasteiger partial charge >= 0.3 is 0 Å². The Morgan fingerprint density at radius 3 is 2.45 bits per heavy atom. The summed E-state index contributed by atoms with van der Waals surface area (Å²) in [5, 5.41) is 0. The molecule has 1 spiro atoms. The molecular weight excluding hydrogens is 409 g/mol. The van der Waals surface area contributed by atoms with Crippen LogP contribution in [0.5, 0.6) is 0 Å². The van der Waals surface area contributed by atoms with Crippen molar-refractivity contribution in [1.82, 2.24) is 9.80 Å². The van der Waals surface area contributed by atoms with Gasteiger partial charge in [0.1, 0.15) is 12.0 Å². The van der Waals surface area contributed by atoms with E-state index in [0.717, 1.165) is 26.2 Å². The molecule has 1 aliphatic carbocycles. The maximum atomic E-state index is 13.0. The molecule has 1 aromatic carbocycles. The topological polar surface area (TPSA) is 62.7 Å². The smallest absolute Gasteiger partial charge is 0.257 e. The van der Waals surface area contributed by atoms with Gasteiger partial charge in [0, 0.05) is 31.7 Å². The lowest BCUT2D eigenvalue weighted by Gasteiger charge is -2.53. The average molecular weight is 440 g/mol. The highest BCUT2D eigenvalue weighted by Crippen LogP contribution is 2.38. The predicted octanol–water partition coefficient (Wildman–Crippen LogP) is 4.24. The SMILES string of the molecule is Cl.Cl.NCc1cc(C(=O)N2CCN(Cc3ccccc3)C3(CCCCC3)C2)co1. The zero-order valence-electron chi connectivity index (χ0n) is 16.7. The zero-order chi connectivity index (χ0) is 18.7. The number of nitrogens with two attached hydrogens (primary N) is 1. The fraction of sp³-hybridized carbons (Fsp3) is 0.500. The fourth-order valence-corrected chi connectivity index (χ4v) is 4.70. The molecule has 29 heavy (non-hydrogen) atoms. The minimum Gasteiger partial charge on any atom is -0.467 e. The summed E-state index contributed by atoms with van der Waals surface area (Å²) in [5.74, 6) is 0.733. The van der Waals surface area contributed by atoms with Crippen molar-refractivity contribution >= 4 is 30.7 Å². The van der Waals surface area contributed by atoms with Crippen molar-refractivity contribution in [3.63, 3.8) is 0 Å². The molecule has 2 aliphatic rings. The van der Waals surface area contributed by atoms with Crippen molar-refractivity contribution in [3.8, 4) is 0 Å². The molecule has 2 aromatic rings. The second kappa shape index (κ2) is 10.5. The van der Waals surface area contributed by atoms with E-state index in [2.05, 4.69) is 35.2 Å². The monoisotopic (exact) mass is 439 g/mol. The summed E-state index contributed by atoms with van der Waals surface area (Å²) in [6.07, 6.45) is 7.68. The van der Waals surface area contributed by atoms with Crippen LogP contribution in [0.2, 0.25) is 0 Å². The molecule has 0 bridgehead atoms. The molecule has 2 fully saturated rings. The first-order valence-corrected chi connectivity index (χ1v) is 10.1. The van der Waals surface area contributed by atoms with Crippen molar-refractivity contribution in [2.24, 2.45) is 5.73 Å². The molecule has 0 radical (unpaired) electrons. The van der Waals surface area contributed by atoms with Crippen LogP contribution in [0.1, 0.15) is 53.8 Å². The van der Waals surface area contributed by atoms with Crippen molar-refractivity contribution in [2.45, 2.75) is 50.7 Å². The largest absolute Gasteiger partial charge is 0.467 e. The first kappa shape index (κ1) is 23.7. The second-order valence-electron chi connectivity index (χ2n) is 7.92. The third-order valence-electron chi connectivity index (χ3n) is 6.19. The number of hydrogen-bond donors (Lipinski definition) is 1. The highest BCUT2D eigenvalue weighted by Gasteiger charge is 2.43. The fourth-order valence-electron chi connectivity index (χ4n) is 4.70. The van der Waals surface area contributed by atoms with Crippen LogP contribution < -0.4 is 5.73 Å². The molecule has 1 aliphatic heterocycles. The van der Waals surface area contributed by atoms with Crippen LogP contribution in [0.15, 0.2) is 47.1 Å². The maximum absolute atomic E-state index is 13.0. The Balaban J connectivity index is 0.00000150. The van der Waals surface area contributed by atoms with Crippen molar-refractivity contribution in [1.29, 1.82) is 0 Å². The van der Waals surface area contributed by atoms with Crippen LogP contribution in [0.4, 0.5) is 0 Å². The number of amides is 1. The lowest BCUT2D eigenvalue weighted by Crippen LogP contribution is -2.63. The van der Waals surface area contributed by atoms with E-state index in [-0.39, 0.29) is 36.3 Å². The maximum Gasteiger partial charge on any atom is 0.257 e. The normalized spacial score (nSPS) is 18.7. The van der Waals surface area contributed by atoms with E-state index >= 15 is 0 Å². The van der Waals surface area contributed by atoms with Gasteiger partial charge in [-0.3, -0.25) is 9.69 Å². The van der Waals surface area contributed by atoms with Crippen LogP contribution in [-0.2, 0) is 13.1 Å². The van der Waals surface area contributed by atoms with E-state index in [1.165, 1.54) is 37.7 Å². The van der Waals surface area contributed by atoms with E-state index < -0.39 is 0 Å². The molecule has 4 rings (SSSR count). The molecule has 160 valence electrons. The summed E-state index contributed by atoms with van der Waals surface area (Å²) in [7, 11) is 0.